The van der Waals surface area contributed by atoms with Crippen LogP contribution in [0.25, 0.3) is 0 Å². The Hall–Kier alpha value is -1.19. The zero-order chi connectivity index (χ0) is 12.1. The number of ketones is 1. The third kappa shape index (κ3) is 3.38. The molecule has 1 aromatic rings. The zero-order valence-electron chi connectivity index (χ0n) is 10.2. The van der Waals surface area contributed by atoms with Crippen LogP contribution in [-0.4, -0.2) is 25.5 Å². The van der Waals surface area contributed by atoms with E-state index in [0.29, 0.717) is 12.8 Å². The first kappa shape index (κ1) is 12.3. The minimum absolute atomic E-state index is 0.152. The van der Waals surface area contributed by atoms with Crippen molar-refractivity contribution in [2.75, 3.05) is 19.7 Å². The van der Waals surface area contributed by atoms with Gasteiger partial charge in [0.1, 0.15) is 5.78 Å². The van der Waals surface area contributed by atoms with Crippen molar-refractivity contribution in [2.45, 2.75) is 25.9 Å². The lowest BCUT2D eigenvalue weighted by atomic mass is 10.0. The molecule has 0 saturated carbocycles. The van der Waals surface area contributed by atoms with E-state index in [1.807, 2.05) is 19.1 Å². The average Bonchev–Trinajstić information content (AvgIpc) is 2.40. The Morgan fingerprint density at radius 1 is 1.41 bits per heavy atom. The van der Waals surface area contributed by atoms with Crippen LogP contribution < -0.4 is 5.32 Å². The fourth-order valence-electron chi connectivity index (χ4n) is 1.98. The number of hydrogen-bond acceptors (Lipinski definition) is 3. The van der Waals surface area contributed by atoms with Crippen LogP contribution in [0.4, 0.5) is 0 Å². The van der Waals surface area contributed by atoms with Crippen molar-refractivity contribution in [2.24, 2.45) is 0 Å². The highest BCUT2D eigenvalue weighted by Gasteiger charge is 2.15. The molecule has 1 heterocycles. The van der Waals surface area contributed by atoms with Crippen LogP contribution in [0.5, 0.6) is 0 Å². The third-order valence-electron chi connectivity index (χ3n) is 3.07. The van der Waals surface area contributed by atoms with Crippen molar-refractivity contribution >= 4 is 5.78 Å². The van der Waals surface area contributed by atoms with E-state index in [9.17, 15) is 4.79 Å². The first-order valence-electron chi connectivity index (χ1n) is 6.22. The van der Waals surface area contributed by atoms with E-state index in [2.05, 4.69) is 17.4 Å². The van der Waals surface area contributed by atoms with Crippen molar-refractivity contribution < 1.29 is 9.53 Å². The van der Waals surface area contributed by atoms with Gasteiger partial charge in [-0.3, -0.25) is 4.79 Å². The molecule has 1 atom stereocenters. The van der Waals surface area contributed by atoms with Gasteiger partial charge in [-0.25, -0.2) is 0 Å². The molecule has 1 aliphatic heterocycles. The van der Waals surface area contributed by atoms with E-state index in [-0.39, 0.29) is 11.9 Å². The number of rotatable bonds is 4. The molecule has 0 aliphatic carbocycles. The van der Waals surface area contributed by atoms with Crippen LogP contribution in [-0.2, 0) is 16.0 Å². The molecule has 3 nitrogen and oxygen atoms in total. The van der Waals surface area contributed by atoms with Crippen molar-refractivity contribution in [1.82, 2.24) is 5.32 Å². The zero-order valence-corrected chi connectivity index (χ0v) is 10.2. The summed E-state index contributed by atoms with van der Waals surface area (Å²) in [6.45, 7) is 4.46. The van der Waals surface area contributed by atoms with Crippen molar-refractivity contribution in [3.05, 3.63) is 35.4 Å². The fraction of sp³-hybridized carbons (Fsp3) is 0.500. The topological polar surface area (TPSA) is 38.3 Å². The summed E-state index contributed by atoms with van der Waals surface area (Å²) in [7, 11) is 0. The summed E-state index contributed by atoms with van der Waals surface area (Å²) in [5.74, 6) is 0.285. The predicted molar refractivity (Wildman–Crippen MR) is 67.0 cm³/mol. The number of morpholine rings is 1. The molecule has 1 aliphatic rings. The summed E-state index contributed by atoms with van der Waals surface area (Å²) < 4.78 is 5.68. The summed E-state index contributed by atoms with van der Waals surface area (Å²) in [5, 5.41) is 3.31. The first-order valence-corrected chi connectivity index (χ1v) is 6.22. The molecular formula is C14H19NO2. The van der Waals surface area contributed by atoms with Gasteiger partial charge in [-0.05, 0) is 11.1 Å². The largest absolute Gasteiger partial charge is 0.371 e. The molecule has 1 aromatic carbocycles. The van der Waals surface area contributed by atoms with E-state index >= 15 is 0 Å². The Kier molecular flexibility index (Phi) is 4.29. The smallest absolute Gasteiger partial charge is 0.136 e. The standard InChI is InChI=1S/C14H19NO2/c1-2-13(16)9-11-3-5-12(6-4-11)14-10-15-7-8-17-14/h3-6,14-15H,2,7-10H2,1H3. The van der Waals surface area contributed by atoms with Gasteiger partial charge in [0.2, 0.25) is 0 Å². The Bertz CT molecular complexity index is 366. The monoisotopic (exact) mass is 233 g/mol. The minimum Gasteiger partial charge on any atom is -0.371 e. The van der Waals surface area contributed by atoms with Gasteiger partial charge in [0.25, 0.3) is 0 Å². The van der Waals surface area contributed by atoms with Gasteiger partial charge in [0, 0.05) is 25.9 Å². The highest BCUT2D eigenvalue weighted by Crippen LogP contribution is 2.19. The highest BCUT2D eigenvalue weighted by molar-refractivity contribution is 5.80. The summed E-state index contributed by atoms with van der Waals surface area (Å²) in [4.78, 5) is 11.3. The van der Waals surface area contributed by atoms with Crippen LogP contribution in [0, 0.1) is 0 Å². The van der Waals surface area contributed by atoms with Gasteiger partial charge >= 0.3 is 0 Å². The van der Waals surface area contributed by atoms with Crippen LogP contribution in [0.2, 0.25) is 0 Å². The highest BCUT2D eigenvalue weighted by atomic mass is 16.5. The van der Waals surface area contributed by atoms with Gasteiger partial charge in [0.15, 0.2) is 0 Å². The second-order valence-electron chi connectivity index (χ2n) is 4.37. The van der Waals surface area contributed by atoms with Crippen LogP contribution in [0.3, 0.4) is 0 Å². The minimum atomic E-state index is 0.152. The second kappa shape index (κ2) is 5.94. The van der Waals surface area contributed by atoms with E-state index in [1.165, 1.54) is 5.56 Å². The summed E-state index contributed by atoms with van der Waals surface area (Å²) >= 11 is 0. The SMILES string of the molecule is CCC(=O)Cc1ccc(C2CNCCO2)cc1. The molecule has 1 unspecified atom stereocenters. The fourth-order valence-corrected chi connectivity index (χ4v) is 1.98. The third-order valence-corrected chi connectivity index (χ3v) is 3.07. The van der Waals surface area contributed by atoms with E-state index in [0.717, 1.165) is 25.3 Å². The Balaban J connectivity index is 1.99. The quantitative estimate of drug-likeness (QED) is 0.862. The van der Waals surface area contributed by atoms with Crippen molar-refractivity contribution in [3.63, 3.8) is 0 Å². The molecule has 1 N–H and O–H groups in total. The molecule has 92 valence electrons. The van der Waals surface area contributed by atoms with Crippen LogP contribution >= 0.6 is 0 Å². The molecule has 0 amide bonds. The molecule has 2 rings (SSSR count). The summed E-state index contributed by atoms with van der Waals surface area (Å²) in [6.07, 6.45) is 1.30. The molecule has 0 aromatic heterocycles. The number of carbonyl (C=O) groups is 1. The maximum Gasteiger partial charge on any atom is 0.136 e. The second-order valence-corrected chi connectivity index (χ2v) is 4.37. The molecule has 0 bridgehead atoms. The lowest BCUT2D eigenvalue weighted by Gasteiger charge is -2.24. The van der Waals surface area contributed by atoms with Gasteiger partial charge in [-0.1, -0.05) is 31.2 Å². The number of Topliss-reactive ketones (excluding diaryl/α,β-unsaturated/α-hetero) is 1. The van der Waals surface area contributed by atoms with Gasteiger partial charge < -0.3 is 10.1 Å². The molecule has 1 fully saturated rings. The first-order chi connectivity index (χ1) is 8.29. The maximum atomic E-state index is 11.3. The van der Waals surface area contributed by atoms with Crippen LogP contribution in [0.15, 0.2) is 24.3 Å². The predicted octanol–water partition coefficient (Wildman–Crippen LogP) is 1.87. The summed E-state index contributed by atoms with van der Waals surface area (Å²) in [6, 6.07) is 8.19. The Morgan fingerprint density at radius 2 is 2.18 bits per heavy atom. The normalized spacial score (nSPS) is 20.2. The molecular weight excluding hydrogens is 214 g/mol. The average molecular weight is 233 g/mol. The van der Waals surface area contributed by atoms with Crippen molar-refractivity contribution in [1.29, 1.82) is 0 Å². The summed E-state index contributed by atoms with van der Waals surface area (Å²) in [5.41, 5.74) is 2.27. The molecule has 17 heavy (non-hydrogen) atoms. The van der Waals surface area contributed by atoms with Crippen molar-refractivity contribution in [3.8, 4) is 0 Å². The molecule has 1 saturated heterocycles. The Morgan fingerprint density at radius 3 is 2.76 bits per heavy atom. The Labute approximate surface area is 102 Å². The molecule has 0 radical (unpaired) electrons. The van der Waals surface area contributed by atoms with Gasteiger partial charge in [0.05, 0.1) is 12.7 Å². The molecule has 3 heteroatoms. The van der Waals surface area contributed by atoms with Gasteiger partial charge in [-0.15, -0.1) is 0 Å². The number of carbonyl (C=O) groups excluding carboxylic acids is 1. The van der Waals surface area contributed by atoms with Gasteiger partial charge in [-0.2, -0.15) is 0 Å². The lowest BCUT2D eigenvalue weighted by Crippen LogP contribution is -2.33. The van der Waals surface area contributed by atoms with E-state index in [1.54, 1.807) is 0 Å². The van der Waals surface area contributed by atoms with Crippen LogP contribution in [0.1, 0.15) is 30.6 Å². The number of benzene rings is 1. The van der Waals surface area contributed by atoms with E-state index in [4.69, 9.17) is 4.74 Å². The maximum absolute atomic E-state index is 11.3. The molecule has 0 spiro atoms. The number of nitrogens with one attached hydrogen (secondary N) is 1. The van der Waals surface area contributed by atoms with E-state index < -0.39 is 0 Å². The lowest BCUT2D eigenvalue weighted by molar-refractivity contribution is -0.118. The number of hydrogen-bond donors (Lipinski definition) is 1. The number of ether oxygens (including phenoxy) is 1.